The molecule has 0 bridgehead atoms. The molecule has 0 unspecified atom stereocenters. The van der Waals surface area contributed by atoms with E-state index in [2.05, 4.69) is 5.32 Å². The highest BCUT2D eigenvalue weighted by Crippen LogP contribution is 2.29. The van der Waals surface area contributed by atoms with Crippen LogP contribution in [0.25, 0.3) is 0 Å². The Balaban J connectivity index is 1.95. The number of aliphatic carboxylic acids is 1. The highest BCUT2D eigenvalue weighted by molar-refractivity contribution is 5.88. The molecule has 5 heteroatoms. The van der Waals surface area contributed by atoms with E-state index in [1.54, 1.807) is 24.3 Å². The summed E-state index contributed by atoms with van der Waals surface area (Å²) in [6, 6.07) is 26.5. The lowest BCUT2D eigenvalue weighted by atomic mass is 9.84. The van der Waals surface area contributed by atoms with Crippen LogP contribution in [0.5, 0.6) is 0 Å². The van der Waals surface area contributed by atoms with Gasteiger partial charge in [0, 0.05) is 13.0 Å². The van der Waals surface area contributed by atoms with Crippen LogP contribution in [0.1, 0.15) is 28.7 Å². The standard InChI is InChI=1S/C24H23NO4/c1-29-22(19-15-9-4-10-16-19)23(26)25-21(24(27)28)20(17-11-5-2-6-12-17)18-13-7-3-8-14-18/h2-16,20-22H,1H3,(H,25,26)(H,27,28)/t21-,22+/m1/s1. The maximum Gasteiger partial charge on any atom is 0.327 e. The predicted octanol–water partition coefficient (Wildman–Crippen LogP) is 3.78. The van der Waals surface area contributed by atoms with E-state index in [1.165, 1.54) is 7.11 Å². The van der Waals surface area contributed by atoms with E-state index in [1.807, 2.05) is 66.7 Å². The lowest BCUT2D eigenvalue weighted by Crippen LogP contribution is -2.47. The van der Waals surface area contributed by atoms with Crippen LogP contribution in [0.3, 0.4) is 0 Å². The number of carbonyl (C=O) groups is 2. The minimum absolute atomic E-state index is 0.497. The third-order valence-corrected chi connectivity index (χ3v) is 4.79. The minimum atomic E-state index is -1.16. The van der Waals surface area contributed by atoms with Gasteiger partial charge in [-0.1, -0.05) is 91.0 Å². The number of carboxylic acids is 1. The van der Waals surface area contributed by atoms with Crippen molar-refractivity contribution in [2.75, 3.05) is 7.11 Å². The maximum atomic E-state index is 13.0. The van der Waals surface area contributed by atoms with Crippen LogP contribution in [0.4, 0.5) is 0 Å². The number of methoxy groups -OCH3 is 1. The third-order valence-electron chi connectivity index (χ3n) is 4.79. The van der Waals surface area contributed by atoms with Crippen molar-refractivity contribution in [1.82, 2.24) is 5.32 Å². The third kappa shape index (κ3) is 4.89. The zero-order valence-electron chi connectivity index (χ0n) is 16.1. The van der Waals surface area contributed by atoms with Gasteiger partial charge in [-0.3, -0.25) is 4.79 Å². The number of hydrogen-bond acceptors (Lipinski definition) is 3. The van der Waals surface area contributed by atoms with Gasteiger partial charge in [0.05, 0.1) is 0 Å². The molecule has 1 amide bonds. The van der Waals surface area contributed by atoms with E-state index in [-0.39, 0.29) is 0 Å². The zero-order valence-corrected chi connectivity index (χ0v) is 16.1. The second-order valence-electron chi connectivity index (χ2n) is 6.65. The second kappa shape index (κ2) is 9.66. The largest absolute Gasteiger partial charge is 0.480 e. The van der Waals surface area contributed by atoms with Gasteiger partial charge in [-0.25, -0.2) is 4.79 Å². The Morgan fingerprint density at radius 2 is 1.17 bits per heavy atom. The first kappa shape index (κ1) is 20.3. The van der Waals surface area contributed by atoms with Crippen molar-refractivity contribution in [2.24, 2.45) is 0 Å². The summed E-state index contributed by atoms with van der Waals surface area (Å²) < 4.78 is 5.36. The molecule has 2 atom stereocenters. The number of rotatable bonds is 8. The van der Waals surface area contributed by atoms with Crippen molar-refractivity contribution in [3.05, 3.63) is 108 Å². The first-order valence-corrected chi connectivity index (χ1v) is 9.32. The fourth-order valence-corrected chi connectivity index (χ4v) is 3.44. The molecule has 3 aromatic carbocycles. The Bertz CT molecular complexity index is 889. The van der Waals surface area contributed by atoms with Gasteiger partial charge in [-0.2, -0.15) is 0 Å². The molecule has 148 valence electrons. The van der Waals surface area contributed by atoms with Crippen LogP contribution in [-0.2, 0) is 14.3 Å². The van der Waals surface area contributed by atoms with E-state index in [0.717, 1.165) is 11.1 Å². The van der Waals surface area contributed by atoms with E-state index in [9.17, 15) is 14.7 Å². The Hall–Kier alpha value is -3.44. The molecular formula is C24H23NO4. The van der Waals surface area contributed by atoms with Crippen LogP contribution >= 0.6 is 0 Å². The number of carboxylic acid groups (broad SMARTS) is 1. The smallest absolute Gasteiger partial charge is 0.327 e. The van der Waals surface area contributed by atoms with Crippen molar-refractivity contribution in [2.45, 2.75) is 18.1 Å². The SMILES string of the molecule is CO[C@H](C(=O)N[C@@H](C(=O)O)C(c1ccccc1)c1ccccc1)c1ccccc1. The molecule has 0 aliphatic heterocycles. The molecule has 3 rings (SSSR count). The van der Waals surface area contributed by atoms with Crippen LogP contribution in [-0.4, -0.2) is 30.1 Å². The molecule has 3 aromatic rings. The molecule has 5 nitrogen and oxygen atoms in total. The number of ether oxygens (including phenoxy) is 1. The summed E-state index contributed by atoms with van der Waals surface area (Å²) in [5, 5.41) is 12.7. The summed E-state index contributed by atoms with van der Waals surface area (Å²) in [4.78, 5) is 25.2. The van der Waals surface area contributed by atoms with E-state index < -0.39 is 29.9 Å². The van der Waals surface area contributed by atoms with Crippen LogP contribution in [0.15, 0.2) is 91.0 Å². The number of amides is 1. The first-order valence-electron chi connectivity index (χ1n) is 9.32. The van der Waals surface area contributed by atoms with Gasteiger partial charge in [0.25, 0.3) is 5.91 Å². The fraction of sp³-hybridized carbons (Fsp3) is 0.167. The Morgan fingerprint density at radius 1 is 0.759 bits per heavy atom. The summed E-state index contributed by atoms with van der Waals surface area (Å²) in [6.45, 7) is 0. The quantitative estimate of drug-likeness (QED) is 0.615. The van der Waals surface area contributed by atoms with Gasteiger partial charge < -0.3 is 15.2 Å². The molecular weight excluding hydrogens is 366 g/mol. The van der Waals surface area contributed by atoms with Crippen molar-refractivity contribution in [3.8, 4) is 0 Å². The summed E-state index contributed by atoms with van der Waals surface area (Å²) in [5.74, 6) is -2.16. The normalized spacial score (nSPS) is 12.9. The number of hydrogen-bond donors (Lipinski definition) is 2. The van der Waals surface area contributed by atoms with Crippen molar-refractivity contribution in [3.63, 3.8) is 0 Å². The molecule has 0 saturated heterocycles. The molecule has 0 saturated carbocycles. The van der Waals surface area contributed by atoms with Crippen molar-refractivity contribution in [1.29, 1.82) is 0 Å². The average Bonchev–Trinajstić information content (AvgIpc) is 2.76. The molecule has 0 aliphatic rings. The molecule has 0 heterocycles. The van der Waals surface area contributed by atoms with Crippen LogP contribution in [0.2, 0.25) is 0 Å². The molecule has 29 heavy (non-hydrogen) atoms. The van der Waals surface area contributed by atoms with E-state index >= 15 is 0 Å². The van der Waals surface area contributed by atoms with Gasteiger partial charge in [0.1, 0.15) is 6.04 Å². The van der Waals surface area contributed by atoms with E-state index in [0.29, 0.717) is 5.56 Å². The molecule has 0 aliphatic carbocycles. The Labute approximate surface area is 170 Å². The second-order valence-corrected chi connectivity index (χ2v) is 6.65. The number of benzene rings is 3. The molecule has 0 fully saturated rings. The summed E-state index contributed by atoms with van der Waals surface area (Å²) >= 11 is 0. The van der Waals surface area contributed by atoms with Gasteiger partial charge >= 0.3 is 5.97 Å². The Morgan fingerprint density at radius 3 is 1.55 bits per heavy atom. The maximum absolute atomic E-state index is 13.0. The van der Waals surface area contributed by atoms with Crippen molar-refractivity contribution < 1.29 is 19.4 Å². The summed E-state index contributed by atoms with van der Waals surface area (Å²) in [5.41, 5.74) is 2.27. The lowest BCUT2D eigenvalue weighted by molar-refractivity contribution is -0.144. The highest BCUT2D eigenvalue weighted by Gasteiger charge is 2.34. The van der Waals surface area contributed by atoms with Crippen LogP contribution < -0.4 is 5.32 Å². The monoisotopic (exact) mass is 389 g/mol. The lowest BCUT2D eigenvalue weighted by Gasteiger charge is -2.27. The van der Waals surface area contributed by atoms with Gasteiger partial charge in [0.2, 0.25) is 0 Å². The average molecular weight is 389 g/mol. The van der Waals surface area contributed by atoms with Crippen molar-refractivity contribution >= 4 is 11.9 Å². The molecule has 0 radical (unpaired) electrons. The first-order chi connectivity index (χ1) is 14.1. The van der Waals surface area contributed by atoms with Gasteiger partial charge in [-0.05, 0) is 16.7 Å². The van der Waals surface area contributed by atoms with Crippen LogP contribution in [0, 0.1) is 0 Å². The zero-order chi connectivity index (χ0) is 20.6. The molecule has 0 spiro atoms. The summed E-state index contributed by atoms with van der Waals surface area (Å²) in [6.07, 6.45) is -0.898. The van der Waals surface area contributed by atoms with Gasteiger partial charge in [-0.15, -0.1) is 0 Å². The predicted molar refractivity (Wildman–Crippen MR) is 110 cm³/mol. The fourth-order valence-electron chi connectivity index (χ4n) is 3.44. The molecule has 0 aromatic heterocycles. The Kier molecular flexibility index (Phi) is 6.76. The topological polar surface area (TPSA) is 75.6 Å². The number of carbonyl (C=O) groups excluding carboxylic acids is 1. The van der Waals surface area contributed by atoms with Gasteiger partial charge in [0.15, 0.2) is 6.10 Å². The minimum Gasteiger partial charge on any atom is -0.480 e. The molecule has 2 N–H and O–H groups in total. The summed E-state index contributed by atoms with van der Waals surface area (Å²) in [7, 11) is 1.43. The van der Waals surface area contributed by atoms with E-state index in [4.69, 9.17) is 4.74 Å². The highest BCUT2D eigenvalue weighted by atomic mass is 16.5. The number of nitrogens with one attached hydrogen (secondary N) is 1.